The minimum absolute atomic E-state index is 0.668. The fraction of sp³-hybridized carbons (Fsp3) is 0.250. The van der Waals surface area contributed by atoms with Gasteiger partial charge in [-0.1, -0.05) is 5.16 Å². The minimum atomic E-state index is 0.668. The van der Waals surface area contributed by atoms with Gasteiger partial charge in [0.25, 0.3) is 0 Å². The molecule has 0 spiro atoms. The summed E-state index contributed by atoms with van der Waals surface area (Å²) in [6.45, 7) is 2.56. The fourth-order valence-corrected chi connectivity index (χ4v) is 2.75. The highest BCUT2D eigenvalue weighted by Crippen LogP contribution is 2.27. The van der Waals surface area contributed by atoms with Crippen LogP contribution in [0.25, 0.3) is 10.2 Å². The van der Waals surface area contributed by atoms with E-state index in [1.54, 1.807) is 17.7 Å². The van der Waals surface area contributed by atoms with Gasteiger partial charge in [-0.05, 0) is 18.4 Å². The monoisotopic (exact) mass is 260 g/mol. The Bertz CT molecular complexity index is 675. The normalized spacial score (nSPS) is 11.0. The van der Waals surface area contributed by atoms with Crippen molar-refractivity contribution >= 4 is 27.4 Å². The van der Waals surface area contributed by atoms with Crippen LogP contribution >= 0.6 is 11.3 Å². The first kappa shape index (κ1) is 11.2. The van der Waals surface area contributed by atoms with Crippen LogP contribution in [-0.4, -0.2) is 22.2 Å². The van der Waals surface area contributed by atoms with E-state index in [9.17, 15) is 0 Å². The van der Waals surface area contributed by atoms with Crippen LogP contribution in [0.3, 0.4) is 0 Å². The van der Waals surface area contributed by atoms with Gasteiger partial charge in [0.15, 0.2) is 0 Å². The van der Waals surface area contributed by atoms with Crippen LogP contribution in [0.1, 0.15) is 11.5 Å². The largest absolute Gasteiger partial charge is 0.361 e. The third-order valence-electron chi connectivity index (χ3n) is 2.66. The number of rotatable bonds is 3. The Kier molecular flexibility index (Phi) is 2.71. The van der Waals surface area contributed by atoms with Crippen molar-refractivity contribution in [3.63, 3.8) is 0 Å². The molecule has 5 nitrogen and oxygen atoms in total. The van der Waals surface area contributed by atoms with Crippen molar-refractivity contribution in [3.8, 4) is 0 Å². The number of hydrogen-bond acceptors (Lipinski definition) is 6. The zero-order chi connectivity index (χ0) is 12.5. The molecule has 0 aliphatic heterocycles. The molecule has 6 heteroatoms. The van der Waals surface area contributed by atoms with Gasteiger partial charge in [0.1, 0.15) is 23.6 Å². The number of aryl methyl sites for hydroxylation is 1. The van der Waals surface area contributed by atoms with Crippen molar-refractivity contribution in [2.45, 2.75) is 13.5 Å². The molecule has 92 valence electrons. The number of thiophene rings is 1. The van der Waals surface area contributed by atoms with E-state index >= 15 is 0 Å². The van der Waals surface area contributed by atoms with E-state index in [0.29, 0.717) is 6.54 Å². The molecule has 0 bridgehead atoms. The van der Waals surface area contributed by atoms with Crippen LogP contribution in [0.15, 0.2) is 28.4 Å². The summed E-state index contributed by atoms with van der Waals surface area (Å²) in [5.41, 5.74) is 1.88. The van der Waals surface area contributed by atoms with Gasteiger partial charge in [-0.3, -0.25) is 0 Å². The second-order valence-corrected chi connectivity index (χ2v) is 5.03. The lowest BCUT2D eigenvalue weighted by Crippen LogP contribution is -2.18. The van der Waals surface area contributed by atoms with Gasteiger partial charge in [0.05, 0.1) is 16.8 Å². The van der Waals surface area contributed by atoms with Crippen molar-refractivity contribution in [2.24, 2.45) is 0 Å². The molecule has 0 aromatic carbocycles. The second kappa shape index (κ2) is 4.38. The predicted molar refractivity (Wildman–Crippen MR) is 70.8 cm³/mol. The zero-order valence-corrected chi connectivity index (χ0v) is 10.9. The SMILES string of the molecule is Cc1cc(CN(C)c2ncnc3ccsc23)no1. The summed E-state index contributed by atoms with van der Waals surface area (Å²) in [4.78, 5) is 10.6. The van der Waals surface area contributed by atoms with Gasteiger partial charge in [-0.15, -0.1) is 11.3 Å². The maximum absolute atomic E-state index is 5.07. The molecule has 0 N–H and O–H groups in total. The molecule has 18 heavy (non-hydrogen) atoms. The molecule has 0 aliphatic carbocycles. The van der Waals surface area contributed by atoms with Crippen LogP contribution in [0.2, 0.25) is 0 Å². The predicted octanol–water partition coefficient (Wildman–Crippen LogP) is 2.62. The molecule has 0 aliphatic rings. The first-order valence-electron chi connectivity index (χ1n) is 5.55. The van der Waals surface area contributed by atoms with E-state index in [-0.39, 0.29) is 0 Å². The molecule has 0 unspecified atom stereocenters. The van der Waals surface area contributed by atoms with E-state index in [1.807, 2.05) is 31.5 Å². The Labute approximate surface area is 108 Å². The van der Waals surface area contributed by atoms with Crippen molar-refractivity contribution < 1.29 is 4.52 Å². The highest BCUT2D eigenvalue weighted by Gasteiger charge is 2.11. The molecular weight excluding hydrogens is 248 g/mol. The van der Waals surface area contributed by atoms with Crippen LogP contribution < -0.4 is 4.90 Å². The second-order valence-electron chi connectivity index (χ2n) is 4.12. The Balaban J connectivity index is 1.92. The summed E-state index contributed by atoms with van der Waals surface area (Å²) >= 11 is 1.65. The number of fused-ring (bicyclic) bond motifs is 1. The lowest BCUT2D eigenvalue weighted by Gasteiger charge is -2.16. The van der Waals surface area contributed by atoms with Crippen LogP contribution in [-0.2, 0) is 6.54 Å². The number of hydrogen-bond donors (Lipinski definition) is 0. The highest BCUT2D eigenvalue weighted by atomic mass is 32.1. The Hall–Kier alpha value is -1.95. The highest BCUT2D eigenvalue weighted by molar-refractivity contribution is 7.17. The molecule has 0 saturated carbocycles. The third-order valence-corrected chi connectivity index (χ3v) is 3.56. The summed E-state index contributed by atoms with van der Waals surface area (Å²) in [5.74, 6) is 1.75. The van der Waals surface area contributed by atoms with Gasteiger partial charge >= 0.3 is 0 Å². The molecule has 0 saturated heterocycles. The first-order valence-corrected chi connectivity index (χ1v) is 6.43. The molecule has 3 heterocycles. The molecular formula is C12H12N4OS. The average molecular weight is 260 g/mol. The number of nitrogens with zero attached hydrogens (tertiary/aromatic N) is 4. The van der Waals surface area contributed by atoms with Gasteiger partial charge in [0, 0.05) is 13.1 Å². The zero-order valence-electron chi connectivity index (χ0n) is 10.1. The quantitative estimate of drug-likeness (QED) is 0.724. The Morgan fingerprint density at radius 1 is 1.39 bits per heavy atom. The fourth-order valence-electron chi connectivity index (χ4n) is 1.86. The summed E-state index contributed by atoms with van der Waals surface area (Å²) < 4.78 is 6.16. The van der Waals surface area contributed by atoms with Crippen molar-refractivity contribution in [1.29, 1.82) is 0 Å². The standard InChI is InChI=1S/C12H12N4OS/c1-8-5-9(15-17-8)6-16(2)12-11-10(3-4-18-11)13-7-14-12/h3-5,7H,6H2,1-2H3. The smallest absolute Gasteiger partial charge is 0.150 e. The van der Waals surface area contributed by atoms with Crippen molar-refractivity contribution in [3.05, 3.63) is 35.3 Å². The van der Waals surface area contributed by atoms with E-state index in [1.165, 1.54) is 0 Å². The van der Waals surface area contributed by atoms with Crippen molar-refractivity contribution in [2.75, 3.05) is 11.9 Å². The summed E-state index contributed by atoms with van der Waals surface area (Å²) in [6.07, 6.45) is 1.59. The minimum Gasteiger partial charge on any atom is -0.361 e. The number of aromatic nitrogens is 3. The molecule has 3 rings (SSSR count). The lowest BCUT2D eigenvalue weighted by atomic mass is 10.3. The van der Waals surface area contributed by atoms with Crippen LogP contribution in [0.5, 0.6) is 0 Å². The third kappa shape index (κ3) is 1.95. The van der Waals surface area contributed by atoms with E-state index in [4.69, 9.17) is 4.52 Å². The van der Waals surface area contributed by atoms with Gasteiger partial charge in [-0.2, -0.15) is 0 Å². The Morgan fingerprint density at radius 3 is 3.06 bits per heavy atom. The molecule has 3 aromatic rings. The molecule has 0 amide bonds. The molecule has 0 radical (unpaired) electrons. The average Bonchev–Trinajstić information content (AvgIpc) is 2.97. The van der Waals surface area contributed by atoms with E-state index < -0.39 is 0 Å². The molecule has 0 atom stereocenters. The topological polar surface area (TPSA) is 55.1 Å². The summed E-state index contributed by atoms with van der Waals surface area (Å²) in [5, 5.41) is 6.02. The first-order chi connectivity index (χ1) is 8.74. The molecule has 0 fully saturated rings. The molecule has 3 aromatic heterocycles. The maximum Gasteiger partial charge on any atom is 0.150 e. The van der Waals surface area contributed by atoms with E-state index in [0.717, 1.165) is 27.5 Å². The summed E-state index contributed by atoms with van der Waals surface area (Å²) in [7, 11) is 1.99. The maximum atomic E-state index is 5.07. The van der Waals surface area contributed by atoms with Crippen LogP contribution in [0, 0.1) is 6.92 Å². The Morgan fingerprint density at radius 2 is 2.28 bits per heavy atom. The lowest BCUT2D eigenvalue weighted by molar-refractivity contribution is 0.390. The summed E-state index contributed by atoms with van der Waals surface area (Å²) in [6, 6.07) is 3.93. The van der Waals surface area contributed by atoms with Crippen LogP contribution in [0.4, 0.5) is 5.82 Å². The number of anilines is 1. The van der Waals surface area contributed by atoms with Gasteiger partial charge in [-0.25, -0.2) is 9.97 Å². The van der Waals surface area contributed by atoms with Gasteiger partial charge < -0.3 is 9.42 Å². The van der Waals surface area contributed by atoms with Crippen molar-refractivity contribution in [1.82, 2.24) is 15.1 Å². The van der Waals surface area contributed by atoms with E-state index in [2.05, 4.69) is 20.0 Å². The van der Waals surface area contributed by atoms with Gasteiger partial charge in [0.2, 0.25) is 0 Å².